The standard InChI is InChI=1S/C17H12ClN3O3/c18-12-8-19-21(9-12)14-4-2-13(3-5-14)20-17(22)11-1-6-15-16(7-11)24-10-23-15/h1-9H,10H2,(H,20,22). The van der Waals surface area contributed by atoms with E-state index in [1.807, 2.05) is 12.1 Å². The maximum Gasteiger partial charge on any atom is 0.255 e. The van der Waals surface area contributed by atoms with Gasteiger partial charge in [0.15, 0.2) is 11.5 Å². The highest BCUT2D eigenvalue weighted by atomic mass is 35.5. The van der Waals surface area contributed by atoms with Gasteiger partial charge in [-0.2, -0.15) is 5.10 Å². The predicted molar refractivity (Wildman–Crippen MR) is 89.1 cm³/mol. The number of amides is 1. The van der Waals surface area contributed by atoms with Crippen LogP contribution in [0.15, 0.2) is 54.9 Å². The molecule has 0 radical (unpaired) electrons. The second-order valence-corrected chi connectivity index (χ2v) is 5.61. The van der Waals surface area contributed by atoms with Crippen LogP contribution in [0.25, 0.3) is 5.69 Å². The van der Waals surface area contributed by atoms with E-state index in [-0.39, 0.29) is 12.7 Å². The molecule has 3 aromatic rings. The van der Waals surface area contributed by atoms with Crippen molar-refractivity contribution in [3.8, 4) is 17.2 Å². The van der Waals surface area contributed by atoms with Crippen molar-refractivity contribution in [3.05, 3.63) is 65.4 Å². The number of nitrogens with zero attached hydrogens (tertiary/aromatic N) is 2. The third kappa shape index (κ3) is 2.79. The fourth-order valence-corrected chi connectivity index (χ4v) is 2.52. The van der Waals surface area contributed by atoms with E-state index in [4.69, 9.17) is 21.1 Å². The number of aromatic nitrogens is 2. The highest BCUT2D eigenvalue weighted by Crippen LogP contribution is 2.32. The molecule has 0 atom stereocenters. The van der Waals surface area contributed by atoms with Crippen LogP contribution in [-0.2, 0) is 0 Å². The van der Waals surface area contributed by atoms with E-state index in [0.29, 0.717) is 27.8 Å². The third-order valence-corrected chi connectivity index (χ3v) is 3.77. The van der Waals surface area contributed by atoms with Gasteiger partial charge < -0.3 is 14.8 Å². The van der Waals surface area contributed by atoms with Gasteiger partial charge >= 0.3 is 0 Å². The lowest BCUT2D eigenvalue weighted by Crippen LogP contribution is -2.11. The quantitative estimate of drug-likeness (QED) is 0.791. The zero-order valence-electron chi connectivity index (χ0n) is 12.4. The van der Waals surface area contributed by atoms with E-state index in [1.165, 1.54) is 0 Å². The Kier molecular flexibility index (Phi) is 3.59. The number of halogens is 1. The summed E-state index contributed by atoms with van der Waals surface area (Å²) in [6.45, 7) is 0.180. The molecule has 1 amide bonds. The Morgan fingerprint density at radius 1 is 1.12 bits per heavy atom. The number of anilines is 1. The number of benzene rings is 2. The van der Waals surface area contributed by atoms with Crippen molar-refractivity contribution in [2.45, 2.75) is 0 Å². The van der Waals surface area contributed by atoms with Crippen LogP contribution in [0.3, 0.4) is 0 Å². The van der Waals surface area contributed by atoms with Crippen molar-refractivity contribution in [3.63, 3.8) is 0 Å². The number of carbonyl (C=O) groups excluding carboxylic acids is 1. The molecule has 0 spiro atoms. The lowest BCUT2D eigenvalue weighted by Gasteiger charge is -2.07. The third-order valence-electron chi connectivity index (χ3n) is 3.58. The first-order valence-corrected chi connectivity index (χ1v) is 7.58. The molecule has 0 aliphatic carbocycles. The molecule has 24 heavy (non-hydrogen) atoms. The van der Waals surface area contributed by atoms with Gasteiger partial charge in [-0.1, -0.05) is 11.6 Å². The van der Waals surface area contributed by atoms with Gasteiger partial charge in [-0.3, -0.25) is 4.79 Å². The minimum Gasteiger partial charge on any atom is -0.454 e. The maximum absolute atomic E-state index is 12.3. The predicted octanol–water partition coefficient (Wildman–Crippen LogP) is 3.51. The largest absolute Gasteiger partial charge is 0.454 e. The summed E-state index contributed by atoms with van der Waals surface area (Å²) in [4.78, 5) is 12.3. The van der Waals surface area contributed by atoms with Crippen LogP contribution in [0.1, 0.15) is 10.4 Å². The van der Waals surface area contributed by atoms with E-state index in [9.17, 15) is 4.79 Å². The van der Waals surface area contributed by atoms with Gasteiger partial charge in [-0.05, 0) is 42.5 Å². The maximum atomic E-state index is 12.3. The van der Waals surface area contributed by atoms with Crippen molar-refractivity contribution in [2.24, 2.45) is 0 Å². The Balaban J connectivity index is 1.49. The molecule has 2 aromatic carbocycles. The summed E-state index contributed by atoms with van der Waals surface area (Å²) in [7, 11) is 0. The molecule has 6 nitrogen and oxygen atoms in total. The average molecular weight is 342 g/mol. The zero-order chi connectivity index (χ0) is 16.5. The summed E-state index contributed by atoms with van der Waals surface area (Å²) in [5.41, 5.74) is 2.03. The molecular formula is C17H12ClN3O3. The first-order valence-electron chi connectivity index (χ1n) is 7.21. The Morgan fingerprint density at radius 2 is 1.92 bits per heavy atom. The number of hydrogen-bond donors (Lipinski definition) is 1. The monoisotopic (exact) mass is 341 g/mol. The van der Waals surface area contributed by atoms with Crippen LogP contribution < -0.4 is 14.8 Å². The summed E-state index contributed by atoms with van der Waals surface area (Å²) in [6.07, 6.45) is 3.28. The Morgan fingerprint density at radius 3 is 2.67 bits per heavy atom. The van der Waals surface area contributed by atoms with Gasteiger partial charge in [0.1, 0.15) is 0 Å². The molecule has 0 fully saturated rings. The lowest BCUT2D eigenvalue weighted by atomic mass is 10.2. The second-order valence-electron chi connectivity index (χ2n) is 5.17. The zero-order valence-corrected chi connectivity index (χ0v) is 13.2. The first kappa shape index (κ1) is 14.6. The summed E-state index contributed by atoms with van der Waals surface area (Å²) in [5, 5.41) is 7.54. The topological polar surface area (TPSA) is 65.4 Å². The SMILES string of the molecule is O=C(Nc1ccc(-n2cc(Cl)cn2)cc1)c1ccc2c(c1)OCO2. The van der Waals surface area contributed by atoms with E-state index >= 15 is 0 Å². The molecule has 2 heterocycles. The van der Waals surface area contributed by atoms with E-state index in [1.54, 1.807) is 47.4 Å². The molecule has 0 saturated heterocycles. The van der Waals surface area contributed by atoms with Crippen LogP contribution >= 0.6 is 11.6 Å². The van der Waals surface area contributed by atoms with Crippen LogP contribution in [0.5, 0.6) is 11.5 Å². The number of fused-ring (bicyclic) bond motifs is 1. The summed E-state index contributed by atoms with van der Waals surface area (Å²) < 4.78 is 12.2. The average Bonchev–Trinajstić information content (AvgIpc) is 3.23. The van der Waals surface area contributed by atoms with Gasteiger partial charge in [0.2, 0.25) is 6.79 Å². The van der Waals surface area contributed by atoms with Gasteiger partial charge in [0.05, 0.1) is 16.9 Å². The molecule has 0 unspecified atom stereocenters. The molecule has 1 aromatic heterocycles. The lowest BCUT2D eigenvalue weighted by molar-refractivity contribution is 0.102. The minimum absolute atomic E-state index is 0.180. The Bertz CT molecular complexity index is 906. The highest BCUT2D eigenvalue weighted by molar-refractivity contribution is 6.30. The normalized spacial score (nSPS) is 12.2. The van der Waals surface area contributed by atoms with E-state index in [2.05, 4.69) is 10.4 Å². The fourth-order valence-electron chi connectivity index (χ4n) is 2.38. The second kappa shape index (κ2) is 5.90. The molecule has 120 valence electrons. The molecule has 4 rings (SSSR count). The van der Waals surface area contributed by atoms with Crippen molar-refractivity contribution in [1.82, 2.24) is 9.78 Å². The van der Waals surface area contributed by atoms with Crippen LogP contribution in [-0.4, -0.2) is 22.5 Å². The molecule has 1 aliphatic rings. The molecule has 0 bridgehead atoms. The molecule has 0 saturated carbocycles. The molecule has 1 aliphatic heterocycles. The smallest absolute Gasteiger partial charge is 0.255 e. The van der Waals surface area contributed by atoms with Crippen LogP contribution in [0, 0.1) is 0 Å². The number of hydrogen-bond acceptors (Lipinski definition) is 4. The number of nitrogens with one attached hydrogen (secondary N) is 1. The van der Waals surface area contributed by atoms with Gasteiger partial charge in [-0.25, -0.2) is 4.68 Å². The van der Waals surface area contributed by atoms with Crippen molar-refractivity contribution in [2.75, 3.05) is 12.1 Å². The Hall–Kier alpha value is -2.99. The van der Waals surface area contributed by atoms with Crippen LogP contribution in [0.4, 0.5) is 5.69 Å². The summed E-state index contributed by atoms with van der Waals surface area (Å²) in [6, 6.07) is 12.4. The number of rotatable bonds is 3. The minimum atomic E-state index is -0.219. The summed E-state index contributed by atoms with van der Waals surface area (Å²) in [5.74, 6) is 1.01. The highest BCUT2D eigenvalue weighted by Gasteiger charge is 2.16. The fraction of sp³-hybridized carbons (Fsp3) is 0.0588. The molecular weight excluding hydrogens is 330 g/mol. The van der Waals surface area contributed by atoms with E-state index in [0.717, 1.165) is 5.69 Å². The van der Waals surface area contributed by atoms with Crippen molar-refractivity contribution in [1.29, 1.82) is 0 Å². The van der Waals surface area contributed by atoms with Crippen LogP contribution in [0.2, 0.25) is 5.02 Å². The van der Waals surface area contributed by atoms with Gasteiger partial charge in [-0.15, -0.1) is 0 Å². The van der Waals surface area contributed by atoms with Crippen molar-refractivity contribution < 1.29 is 14.3 Å². The molecule has 7 heteroatoms. The van der Waals surface area contributed by atoms with Gasteiger partial charge in [0.25, 0.3) is 5.91 Å². The van der Waals surface area contributed by atoms with Gasteiger partial charge in [0, 0.05) is 17.4 Å². The van der Waals surface area contributed by atoms with Crippen molar-refractivity contribution >= 4 is 23.2 Å². The number of carbonyl (C=O) groups is 1. The Labute approximate surface area is 142 Å². The summed E-state index contributed by atoms with van der Waals surface area (Å²) >= 11 is 5.86. The van der Waals surface area contributed by atoms with E-state index < -0.39 is 0 Å². The molecule has 1 N–H and O–H groups in total. The number of ether oxygens (including phenoxy) is 2. The first-order chi connectivity index (χ1) is 11.7.